The predicted octanol–water partition coefficient (Wildman–Crippen LogP) is 4.05. The van der Waals surface area contributed by atoms with Crippen LogP contribution in [-0.2, 0) is 6.42 Å². The number of halogens is 1. The summed E-state index contributed by atoms with van der Waals surface area (Å²) in [7, 11) is 1.68. The van der Waals surface area contributed by atoms with Crippen LogP contribution in [-0.4, -0.2) is 25.0 Å². The van der Waals surface area contributed by atoms with Crippen molar-refractivity contribution in [2.24, 2.45) is 0 Å². The van der Waals surface area contributed by atoms with E-state index in [0.29, 0.717) is 6.04 Å². The van der Waals surface area contributed by atoms with E-state index in [1.807, 2.05) is 42.5 Å². The van der Waals surface area contributed by atoms with Gasteiger partial charge in [-0.15, -0.1) is 12.4 Å². The van der Waals surface area contributed by atoms with Gasteiger partial charge in [-0.1, -0.05) is 42.5 Å². The van der Waals surface area contributed by atoms with Crippen LogP contribution in [0, 0.1) is 0 Å². The standard InChI is InChI=1S/C20H23NO2.ClH/c1-23-18-12-8-15(9-13-18)7-10-17-11-14-19(21-17)20(22)16-5-3-2-4-6-16;/h2-6,8-9,12-13,17,19,21H,7,10-11,14H2,1H3;1H. The molecule has 1 fully saturated rings. The van der Waals surface area contributed by atoms with Crippen molar-refractivity contribution in [2.45, 2.75) is 37.8 Å². The molecule has 4 heteroatoms. The van der Waals surface area contributed by atoms with Crippen LogP contribution in [0.2, 0.25) is 0 Å². The van der Waals surface area contributed by atoms with E-state index < -0.39 is 0 Å². The topological polar surface area (TPSA) is 38.3 Å². The maximum atomic E-state index is 12.5. The van der Waals surface area contributed by atoms with Crippen LogP contribution in [0.5, 0.6) is 5.75 Å². The van der Waals surface area contributed by atoms with Crippen molar-refractivity contribution in [3.63, 3.8) is 0 Å². The molecule has 0 saturated carbocycles. The van der Waals surface area contributed by atoms with Crippen molar-refractivity contribution < 1.29 is 9.53 Å². The van der Waals surface area contributed by atoms with E-state index in [9.17, 15) is 4.79 Å². The number of hydrogen-bond donors (Lipinski definition) is 1. The molecule has 1 N–H and O–H groups in total. The van der Waals surface area contributed by atoms with E-state index >= 15 is 0 Å². The molecule has 2 unspecified atom stereocenters. The number of benzene rings is 2. The molecular weight excluding hydrogens is 322 g/mol. The molecule has 0 bridgehead atoms. The molecule has 0 aromatic heterocycles. The van der Waals surface area contributed by atoms with Crippen LogP contribution in [0.15, 0.2) is 54.6 Å². The van der Waals surface area contributed by atoms with Crippen LogP contribution in [0.1, 0.15) is 35.2 Å². The molecule has 2 aromatic carbocycles. The minimum absolute atomic E-state index is 0. The van der Waals surface area contributed by atoms with Crippen molar-refractivity contribution in [3.8, 4) is 5.75 Å². The third-order valence-electron chi connectivity index (χ3n) is 4.56. The first-order chi connectivity index (χ1) is 11.3. The Bertz CT molecular complexity index is 642. The quantitative estimate of drug-likeness (QED) is 0.802. The van der Waals surface area contributed by atoms with Gasteiger partial charge in [0.15, 0.2) is 5.78 Å². The fourth-order valence-electron chi connectivity index (χ4n) is 3.19. The highest BCUT2D eigenvalue weighted by Gasteiger charge is 2.29. The van der Waals surface area contributed by atoms with E-state index in [1.54, 1.807) is 7.11 Å². The van der Waals surface area contributed by atoms with E-state index in [0.717, 1.165) is 37.0 Å². The van der Waals surface area contributed by atoms with Gasteiger partial charge in [0.1, 0.15) is 5.75 Å². The van der Waals surface area contributed by atoms with Crippen molar-refractivity contribution in [1.29, 1.82) is 0 Å². The maximum absolute atomic E-state index is 12.5. The van der Waals surface area contributed by atoms with Gasteiger partial charge in [-0.05, 0) is 43.4 Å². The number of ether oxygens (including phenoxy) is 1. The number of carbonyl (C=O) groups excluding carboxylic acids is 1. The lowest BCUT2D eigenvalue weighted by Gasteiger charge is -2.14. The summed E-state index contributed by atoms with van der Waals surface area (Å²) in [5.74, 6) is 1.11. The zero-order chi connectivity index (χ0) is 16.1. The molecule has 24 heavy (non-hydrogen) atoms. The van der Waals surface area contributed by atoms with Crippen LogP contribution in [0.25, 0.3) is 0 Å². The molecular formula is C20H24ClNO2. The summed E-state index contributed by atoms with van der Waals surface area (Å²) in [5, 5.41) is 3.51. The predicted molar refractivity (Wildman–Crippen MR) is 99.3 cm³/mol. The number of ketones is 1. The van der Waals surface area contributed by atoms with Gasteiger partial charge < -0.3 is 10.1 Å². The van der Waals surface area contributed by atoms with Gasteiger partial charge in [-0.3, -0.25) is 4.79 Å². The molecule has 128 valence electrons. The summed E-state index contributed by atoms with van der Waals surface area (Å²) < 4.78 is 5.18. The van der Waals surface area contributed by atoms with Gasteiger partial charge in [-0.25, -0.2) is 0 Å². The fraction of sp³-hybridized carbons (Fsp3) is 0.350. The Morgan fingerprint density at radius 1 is 1.08 bits per heavy atom. The molecule has 1 heterocycles. The highest BCUT2D eigenvalue weighted by Crippen LogP contribution is 2.21. The summed E-state index contributed by atoms with van der Waals surface area (Å²) in [6.45, 7) is 0. The second-order valence-corrected chi connectivity index (χ2v) is 6.11. The zero-order valence-corrected chi connectivity index (χ0v) is 14.7. The summed E-state index contributed by atoms with van der Waals surface area (Å²) >= 11 is 0. The Morgan fingerprint density at radius 3 is 2.46 bits per heavy atom. The Balaban J connectivity index is 0.00000208. The van der Waals surface area contributed by atoms with E-state index in [1.165, 1.54) is 5.56 Å². The van der Waals surface area contributed by atoms with E-state index in [2.05, 4.69) is 17.4 Å². The third kappa shape index (κ3) is 4.59. The molecule has 0 amide bonds. The highest BCUT2D eigenvalue weighted by molar-refractivity contribution is 6.00. The first-order valence-corrected chi connectivity index (χ1v) is 8.24. The smallest absolute Gasteiger partial charge is 0.179 e. The number of hydrogen-bond acceptors (Lipinski definition) is 3. The average molecular weight is 346 g/mol. The van der Waals surface area contributed by atoms with Gasteiger partial charge in [0.2, 0.25) is 0 Å². The van der Waals surface area contributed by atoms with E-state index in [4.69, 9.17) is 4.74 Å². The zero-order valence-electron chi connectivity index (χ0n) is 13.9. The monoisotopic (exact) mass is 345 g/mol. The number of Topliss-reactive ketones (excluding diaryl/α,β-unsaturated/α-hetero) is 1. The minimum atomic E-state index is -0.0294. The Morgan fingerprint density at radius 2 is 1.79 bits per heavy atom. The van der Waals surface area contributed by atoms with Crippen LogP contribution >= 0.6 is 12.4 Å². The number of rotatable bonds is 6. The molecule has 3 nitrogen and oxygen atoms in total. The summed E-state index contributed by atoms with van der Waals surface area (Å²) in [4.78, 5) is 12.5. The minimum Gasteiger partial charge on any atom is -0.497 e. The number of carbonyl (C=O) groups is 1. The first kappa shape index (κ1) is 18.5. The molecule has 0 radical (unpaired) electrons. The van der Waals surface area contributed by atoms with Crippen molar-refractivity contribution in [3.05, 3.63) is 65.7 Å². The lowest BCUT2D eigenvalue weighted by atomic mass is 10.0. The number of methoxy groups -OCH3 is 1. The van der Waals surface area contributed by atoms with Gasteiger partial charge in [0, 0.05) is 11.6 Å². The summed E-state index contributed by atoms with van der Waals surface area (Å²) in [6.07, 6.45) is 4.08. The van der Waals surface area contributed by atoms with Crippen molar-refractivity contribution >= 4 is 18.2 Å². The molecule has 2 aromatic rings. The summed E-state index contributed by atoms with van der Waals surface area (Å²) in [6, 6.07) is 18.2. The molecule has 1 aliphatic heterocycles. The van der Waals surface area contributed by atoms with Crippen LogP contribution < -0.4 is 10.1 Å². The Hall–Kier alpha value is -1.84. The number of nitrogens with one attached hydrogen (secondary N) is 1. The normalized spacial score (nSPS) is 19.5. The van der Waals surface area contributed by atoms with Gasteiger partial charge in [0.05, 0.1) is 13.2 Å². The second kappa shape index (κ2) is 8.86. The average Bonchev–Trinajstić information content (AvgIpc) is 3.09. The summed E-state index contributed by atoms with van der Waals surface area (Å²) in [5.41, 5.74) is 2.12. The van der Waals surface area contributed by atoms with Crippen LogP contribution in [0.3, 0.4) is 0 Å². The molecule has 1 saturated heterocycles. The number of aryl methyl sites for hydroxylation is 1. The van der Waals surface area contributed by atoms with Crippen LogP contribution in [0.4, 0.5) is 0 Å². The van der Waals surface area contributed by atoms with Gasteiger partial charge in [0.25, 0.3) is 0 Å². The molecule has 0 spiro atoms. The molecule has 0 aliphatic carbocycles. The van der Waals surface area contributed by atoms with Gasteiger partial charge >= 0.3 is 0 Å². The molecule has 2 atom stereocenters. The largest absolute Gasteiger partial charge is 0.497 e. The van der Waals surface area contributed by atoms with Crippen molar-refractivity contribution in [1.82, 2.24) is 5.32 Å². The Labute approximate surface area is 149 Å². The highest BCUT2D eigenvalue weighted by atomic mass is 35.5. The fourth-order valence-corrected chi connectivity index (χ4v) is 3.19. The second-order valence-electron chi connectivity index (χ2n) is 6.11. The SMILES string of the molecule is COc1ccc(CCC2CCC(C(=O)c3ccccc3)N2)cc1.Cl. The molecule has 3 rings (SSSR count). The van der Waals surface area contributed by atoms with E-state index in [-0.39, 0.29) is 24.2 Å². The van der Waals surface area contributed by atoms with Crippen molar-refractivity contribution in [2.75, 3.05) is 7.11 Å². The third-order valence-corrected chi connectivity index (χ3v) is 4.56. The molecule has 1 aliphatic rings. The Kier molecular flexibility index (Phi) is 6.83. The lowest BCUT2D eigenvalue weighted by molar-refractivity contribution is 0.0949. The lowest BCUT2D eigenvalue weighted by Crippen LogP contribution is -2.35. The van der Waals surface area contributed by atoms with Gasteiger partial charge in [-0.2, -0.15) is 0 Å². The maximum Gasteiger partial charge on any atom is 0.179 e. The first-order valence-electron chi connectivity index (χ1n) is 8.24.